The van der Waals surface area contributed by atoms with Crippen molar-refractivity contribution in [3.8, 4) is 5.75 Å². The highest BCUT2D eigenvalue weighted by Crippen LogP contribution is 2.26. The lowest BCUT2D eigenvalue weighted by Gasteiger charge is -2.21. The number of hydrogen-bond donors (Lipinski definition) is 1. The highest BCUT2D eigenvalue weighted by Gasteiger charge is 2.08. The molecule has 0 bridgehead atoms. The highest BCUT2D eigenvalue weighted by molar-refractivity contribution is 7.99. The van der Waals surface area contributed by atoms with Crippen LogP contribution in [-0.4, -0.2) is 29.4 Å². The Bertz CT molecular complexity index is 721. The van der Waals surface area contributed by atoms with Gasteiger partial charge in [0.05, 0.1) is 0 Å². The molecule has 2 aromatic carbocycles. The molecule has 2 aromatic rings. The number of alkyl halides is 2. The maximum Gasteiger partial charge on any atom is 0.288 e. The summed E-state index contributed by atoms with van der Waals surface area (Å²) < 4.78 is 30.1. The number of nitrogens with one attached hydrogen (secondary N) is 1. The average molecular weight is 395 g/mol. The first-order valence-corrected chi connectivity index (χ1v) is 9.16. The average Bonchev–Trinajstić information content (AvgIpc) is 2.62. The molecule has 0 aliphatic carbocycles. The van der Waals surface area contributed by atoms with E-state index in [1.807, 2.05) is 36.2 Å². The summed E-state index contributed by atoms with van der Waals surface area (Å²) in [6.07, 6.45) is 1.70. The van der Waals surface area contributed by atoms with Crippen LogP contribution in [0.25, 0.3) is 0 Å². The molecule has 7 heteroatoms. The first kappa shape index (κ1) is 20.2. The number of benzene rings is 2. The minimum absolute atomic E-state index is 0.474. The number of thioether (sulfide) groups is 1. The normalized spacial score (nSPS) is 10.5. The fraction of sp³-hybridized carbons (Fsp3) is 0.211. The van der Waals surface area contributed by atoms with E-state index in [4.69, 9.17) is 17.0 Å². The van der Waals surface area contributed by atoms with Crippen LogP contribution in [0.4, 0.5) is 14.5 Å². The van der Waals surface area contributed by atoms with Gasteiger partial charge in [-0.05, 0) is 54.2 Å². The van der Waals surface area contributed by atoms with E-state index in [0.717, 1.165) is 17.0 Å². The predicted molar refractivity (Wildman–Crippen MR) is 108 cm³/mol. The summed E-state index contributed by atoms with van der Waals surface area (Å²) in [7, 11) is 1.89. The van der Waals surface area contributed by atoms with Crippen LogP contribution in [0.3, 0.4) is 0 Å². The van der Waals surface area contributed by atoms with E-state index in [1.54, 1.807) is 30.3 Å². The van der Waals surface area contributed by atoms with Crippen molar-refractivity contribution < 1.29 is 13.5 Å². The second kappa shape index (κ2) is 10.1. The number of ether oxygens (including phenoxy) is 1. The van der Waals surface area contributed by atoms with E-state index in [9.17, 15) is 8.78 Å². The molecular weight excluding hydrogens is 374 g/mol. The summed E-state index contributed by atoms with van der Waals surface area (Å²) in [6, 6.07) is 14.5. The van der Waals surface area contributed by atoms with Crippen molar-refractivity contribution in [1.29, 1.82) is 0 Å². The molecule has 2 rings (SSSR count). The summed E-state index contributed by atoms with van der Waals surface area (Å²) in [5, 5.41) is 3.65. The Balaban J connectivity index is 1.87. The molecule has 1 N–H and O–H groups in total. The third-order valence-corrected chi connectivity index (χ3v) is 4.52. The lowest BCUT2D eigenvalue weighted by molar-refractivity contribution is 0.252. The quantitative estimate of drug-likeness (QED) is 0.367. The van der Waals surface area contributed by atoms with Crippen LogP contribution >= 0.6 is 24.0 Å². The first-order valence-electron chi connectivity index (χ1n) is 7.87. The van der Waals surface area contributed by atoms with Crippen LogP contribution in [0, 0.1) is 0 Å². The molecule has 26 heavy (non-hydrogen) atoms. The van der Waals surface area contributed by atoms with Crippen LogP contribution in [-0.2, 0) is 6.54 Å². The Labute approximate surface area is 162 Å². The minimum atomic E-state index is -2.42. The largest absolute Gasteiger partial charge is 0.490 e. The maximum absolute atomic E-state index is 12.3. The molecule has 3 nitrogen and oxygen atoms in total. The molecule has 0 aliphatic heterocycles. The fourth-order valence-electron chi connectivity index (χ4n) is 2.13. The molecule has 0 unspecified atom stereocenters. The molecule has 0 aliphatic rings. The number of nitrogens with zero attached hydrogens (tertiary/aromatic N) is 1. The van der Waals surface area contributed by atoms with Crippen molar-refractivity contribution >= 4 is 34.8 Å². The lowest BCUT2D eigenvalue weighted by atomic mass is 10.2. The van der Waals surface area contributed by atoms with E-state index in [-0.39, 0.29) is 0 Å². The van der Waals surface area contributed by atoms with Crippen molar-refractivity contribution in [2.45, 2.75) is 17.2 Å². The van der Waals surface area contributed by atoms with Crippen molar-refractivity contribution in [3.05, 3.63) is 66.7 Å². The summed E-state index contributed by atoms with van der Waals surface area (Å²) in [6.45, 7) is 4.72. The molecule has 0 saturated heterocycles. The lowest BCUT2D eigenvalue weighted by Crippen LogP contribution is -2.30. The molecule has 0 fully saturated rings. The smallest absolute Gasteiger partial charge is 0.288 e. The van der Waals surface area contributed by atoms with Crippen molar-refractivity contribution in [2.75, 3.05) is 19.0 Å². The van der Waals surface area contributed by atoms with Gasteiger partial charge in [0.15, 0.2) is 5.11 Å². The van der Waals surface area contributed by atoms with Crippen LogP contribution in [0.5, 0.6) is 5.75 Å². The van der Waals surface area contributed by atoms with Gasteiger partial charge in [0.2, 0.25) is 0 Å². The monoisotopic (exact) mass is 394 g/mol. The van der Waals surface area contributed by atoms with Crippen LogP contribution in [0.2, 0.25) is 0 Å². The predicted octanol–water partition coefficient (Wildman–Crippen LogP) is 5.39. The van der Waals surface area contributed by atoms with E-state index in [2.05, 4.69) is 11.9 Å². The van der Waals surface area contributed by atoms with Crippen LogP contribution < -0.4 is 10.1 Å². The van der Waals surface area contributed by atoms with Gasteiger partial charge >= 0.3 is 0 Å². The van der Waals surface area contributed by atoms with Gasteiger partial charge < -0.3 is 15.0 Å². The SMILES string of the molecule is C=CCOc1ccc(CN(C)C(=S)Nc2ccc(SC(F)F)cc2)cc1. The van der Waals surface area contributed by atoms with E-state index >= 15 is 0 Å². The van der Waals surface area contributed by atoms with Crippen molar-refractivity contribution in [1.82, 2.24) is 4.90 Å². The first-order chi connectivity index (χ1) is 12.5. The third-order valence-electron chi connectivity index (χ3n) is 3.39. The zero-order valence-corrected chi connectivity index (χ0v) is 16.0. The van der Waals surface area contributed by atoms with Gasteiger partial charge in [-0.2, -0.15) is 8.78 Å². The van der Waals surface area contributed by atoms with Gasteiger partial charge in [0, 0.05) is 24.2 Å². The second-order valence-corrected chi connectivity index (χ2v) is 6.88. The molecule has 0 aromatic heterocycles. The standard InChI is InChI=1S/C19H20F2N2OS2/c1-3-12-24-16-8-4-14(5-9-16)13-23(2)19(25)22-15-6-10-17(11-7-15)26-18(20)21/h3-11,18H,1,12-13H2,2H3,(H,22,25). The molecule has 0 atom stereocenters. The number of hydrogen-bond acceptors (Lipinski definition) is 3. The zero-order chi connectivity index (χ0) is 18.9. The van der Waals surface area contributed by atoms with Crippen LogP contribution in [0.15, 0.2) is 66.1 Å². The van der Waals surface area contributed by atoms with Gasteiger partial charge in [-0.25, -0.2) is 0 Å². The molecule has 0 heterocycles. The number of thiocarbonyl (C=S) groups is 1. The van der Waals surface area contributed by atoms with Gasteiger partial charge in [-0.1, -0.05) is 36.5 Å². The van der Waals surface area contributed by atoms with Gasteiger partial charge in [-0.15, -0.1) is 0 Å². The van der Waals surface area contributed by atoms with E-state index in [0.29, 0.717) is 34.9 Å². The summed E-state index contributed by atoms with van der Waals surface area (Å²) >= 11 is 5.92. The van der Waals surface area contributed by atoms with Crippen LogP contribution in [0.1, 0.15) is 5.56 Å². The summed E-state index contributed by atoms with van der Waals surface area (Å²) in [5.74, 6) is -1.63. The van der Waals surface area contributed by atoms with Gasteiger partial charge in [-0.3, -0.25) is 0 Å². The Kier molecular flexibility index (Phi) is 7.87. The minimum Gasteiger partial charge on any atom is -0.490 e. The van der Waals surface area contributed by atoms with Crippen molar-refractivity contribution in [2.24, 2.45) is 0 Å². The molecule has 0 spiro atoms. The number of rotatable bonds is 8. The molecule has 0 saturated carbocycles. The highest BCUT2D eigenvalue weighted by atomic mass is 32.2. The van der Waals surface area contributed by atoms with Crippen molar-refractivity contribution in [3.63, 3.8) is 0 Å². The number of halogens is 2. The Hall–Kier alpha value is -2.12. The van der Waals surface area contributed by atoms with E-state index < -0.39 is 5.76 Å². The van der Waals surface area contributed by atoms with Gasteiger partial charge in [0.1, 0.15) is 12.4 Å². The summed E-state index contributed by atoms with van der Waals surface area (Å²) in [4.78, 5) is 2.42. The number of anilines is 1. The molecular formula is C19H20F2N2OS2. The zero-order valence-electron chi connectivity index (χ0n) is 14.3. The Morgan fingerprint density at radius 1 is 1.23 bits per heavy atom. The Morgan fingerprint density at radius 3 is 2.46 bits per heavy atom. The maximum atomic E-state index is 12.3. The second-order valence-electron chi connectivity index (χ2n) is 5.43. The van der Waals surface area contributed by atoms with Gasteiger partial charge in [0.25, 0.3) is 5.76 Å². The molecule has 0 amide bonds. The molecule has 138 valence electrons. The molecule has 0 radical (unpaired) electrons. The topological polar surface area (TPSA) is 24.5 Å². The third kappa shape index (κ3) is 6.65. The summed E-state index contributed by atoms with van der Waals surface area (Å²) in [5.41, 5.74) is 1.85. The Morgan fingerprint density at radius 2 is 1.88 bits per heavy atom. The van der Waals surface area contributed by atoms with E-state index in [1.165, 1.54) is 0 Å². The fourth-order valence-corrected chi connectivity index (χ4v) is 2.81.